The Labute approximate surface area is 143 Å². The Morgan fingerprint density at radius 1 is 1.33 bits per heavy atom. The van der Waals surface area contributed by atoms with Crippen molar-refractivity contribution in [2.75, 3.05) is 26.7 Å². The number of hydrogen-bond acceptors (Lipinski definition) is 3. The Bertz CT molecular complexity index is 672. The highest BCUT2D eigenvalue weighted by Gasteiger charge is 2.19. The molecule has 0 aliphatic carbocycles. The van der Waals surface area contributed by atoms with Crippen LogP contribution >= 0.6 is 0 Å². The maximum atomic E-state index is 12.4. The molecule has 1 saturated heterocycles. The van der Waals surface area contributed by atoms with Gasteiger partial charge in [0.1, 0.15) is 0 Å². The van der Waals surface area contributed by atoms with Gasteiger partial charge in [0.25, 0.3) is 5.91 Å². The van der Waals surface area contributed by atoms with Crippen molar-refractivity contribution in [3.05, 3.63) is 65.5 Å². The van der Waals surface area contributed by atoms with Gasteiger partial charge in [0, 0.05) is 31.0 Å². The number of likely N-dealkylation sites (N-methyl/N-ethyl adjacent to an activating group) is 1. The molecule has 1 aromatic carbocycles. The normalized spacial score (nSPS) is 18.3. The average Bonchev–Trinajstić information content (AvgIpc) is 2.63. The molecule has 1 unspecified atom stereocenters. The van der Waals surface area contributed by atoms with Crippen LogP contribution in [0.2, 0.25) is 0 Å². The molecule has 0 radical (unpaired) electrons. The fraction of sp³-hybridized carbons (Fsp3) is 0.400. The van der Waals surface area contributed by atoms with E-state index in [1.165, 1.54) is 24.9 Å². The quantitative estimate of drug-likeness (QED) is 0.920. The van der Waals surface area contributed by atoms with Crippen molar-refractivity contribution in [2.24, 2.45) is 0 Å². The largest absolute Gasteiger partial charge is 0.352 e. The van der Waals surface area contributed by atoms with Crippen molar-refractivity contribution in [2.45, 2.75) is 25.2 Å². The summed E-state index contributed by atoms with van der Waals surface area (Å²) in [4.78, 5) is 18.9. The van der Waals surface area contributed by atoms with Crippen molar-refractivity contribution in [1.29, 1.82) is 0 Å². The summed E-state index contributed by atoms with van der Waals surface area (Å²) in [6.45, 7) is 2.87. The van der Waals surface area contributed by atoms with E-state index in [9.17, 15) is 4.79 Å². The van der Waals surface area contributed by atoms with Crippen molar-refractivity contribution in [1.82, 2.24) is 15.2 Å². The molecule has 4 nitrogen and oxygen atoms in total. The smallest absolute Gasteiger partial charge is 0.251 e. The van der Waals surface area contributed by atoms with E-state index < -0.39 is 0 Å². The van der Waals surface area contributed by atoms with Gasteiger partial charge in [0.05, 0.1) is 0 Å². The van der Waals surface area contributed by atoms with Crippen LogP contribution in [0.5, 0.6) is 0 Å². The fourth-order valence-electron chi connectivity index (χ4n) is 3.34. The number of nitrogens with one attached hydrogen (secondary N) is 1. The lowest BCUT2D eigenvalue weighted by atomic mass is 9.90. The predicted octanol–water partition coefficient (Wildman–Crippen LogP) is 2.86. The minimum atomic E-state index is 0.00454. The zero-order valence-corrected chi connectivity index (χ0v) is 14.2. The first kappa shape index (κ1) is 16.7. The summed E-state index contributed by atoms with van der Waals surface area (Å²) >= 11 is 0. The van der Waals surface area contributed by atoms with Gasteiger partial charge in [-0.25, -0.2) is 0 Å². The highest BCUT2D eigenvalue weighted by Crippen LogP contribution is 2.26. The first-order chi connectivity index (χ1) is 11.7. The summed E-state index contributed by atoms with van der Waals surface area (Å²) in [7, 11) is 2.17. The van der Waals surface area contributed by atoms with E-state index in [1.807, 2.05) is 30.5 Å². The molecule has 126 valence electrons. The third-order valence-electron chi connectivity index (χ3n) is 4.67. The summed E-state index contributed by atoms with van der Waals surface area (Å²) in [5.74, 6) is 0.539. The standard InChI is InChI=1S/C20H25N3O/c1-23-12-4-8-19(15-23)17-6-2-7-18(13-17)20(24)22-11-9-16-5-3-10-21-14-16/h2-3,5-7,10,13-14,19H,4,8-9,11-12,15H2,1H3,(H,22,24). The Morgan fingerprint density at radius 2 is 2.25 bits per heavy atom. The van der Waals surface area contributed by atoms with Gasteiger partial charge in [-0.15, -0.1) is 0 Å². The van der Waals surface area contributed by atoms with Crippen LogP contribution in [0.3, 0.4) is 0 Å². The summed E-state index contributed by atoms with van der Waals surface area (Å²) in [6.07, 6.45) is 6.83. The van der Waals surface area contributed by atoms with E-state index >= 15 is 0 Å². The Morgan fingerprint density at radius 3 is 3.04 bits per heavy atom. The summed E-state index contributed by atoms with van der Waals surface area (Å²) in [6, 6.07) is 12.1. The number of hydrogen-bond donors (Lipinski definition) is 1. The molecule has 2 heterocycles. The second-order valence-electron chi connectivity index (χ2n) is 6.59. The van der Waals surface area contributed by atoms with Crippen LogP contribution in [0.15, 0.2) is 48.8 Å². The number of carbonyl (C=O) groups excluding carboxylic acids is 1. The number of aromatic nitrogens is 1. The number of nitrogens with zero attached hydrogens (tertiary/aromatic N) is 2. The minimum Gasteiger partial charge on any atom is -0.352 e. The first-order valence-electron chi connectivity index (χ1n) is 8.68. The van der Waals surface area contributed by atoms with E-state index in [2.05, 4.69) is 34.4 Å². The molecule has 0 saturated carbocycles. The van der Waals surface area contributed by atoms with Gasteiger partial charge in [0.2, 0.25) is 0 Å². The lowest BCUT2D eigenvalue weighted by Crippen LogP contribution is -2.31. The summed E-state index contributed by atoms with van der Waals surface area (Å²) in [5.41, 5.74) is 3.17. The van der Waals surface area contributed by atoms with Crippen LogP contribution in [-0.4, -0.2) is 42.5 Å². The molecule has 2 aromatic rings. The Balaban J connectivity index is 1.57. The van der Waals surface area contributed by atoms with Gasteiger partial charge in [0.15, 0.2) is 0 Å². The highest BCUT2D eigenvalue weighted by molar-refractivity contribution is 5.94. The number of carbonyl (C=O) groups is 1. The van der Waals surface area contributed by atoms with Gasteiger partial charge in [-0.1, -0.05) is 18.2 Å². The highest BCUT2D eigenvalue weighted by atomic mass is 16.1. The van der Waals surface area contributed by atoms with Gasteiger partial charge in [-0.05, 0) is 68.1 Å². The zero-order valence-electron chi connectivity index (χ0n) is 14.2. The second-order valence-corrected chi connectivity index (χ2v) is 6.59. The molecule has 0 spiro atoms. The molecule has 1 aromatic heterocycles. The molecule has 1 N–H and O–H groups in total. The maximum Gasteiger partial charge on any atom is 0.251 e. The third-order valence-corrected chi connectivity index (χ3v) is 4.67. The maximum absolute atomic E-state index is 12.4. The Kier molecular flexibility index (Phi) is 5.59. The molecule has 1 amide bonds. The van der Waals surface area contributed by atoms with Crippen LogP contribution in [0, 0.1) is 0 Å². The van der Waals surface area contributed by atoms with Crippen LogP contribution in [0.1, 0.15) is 40.2 Å². The van der Waals surface area contributed by atoms with Crippen molar-refractivity contribution >= 4 is 5.91 Å². The second kappa shape index (κ2) is 8.06. The van der Waals surface area contributed by atoms with Crippen molar-refractivity contribution < 1.29 is 4.79 Å². The van der Waals surface area contributed by atoms with Gasteiger partial charge >= 0.3 is 0 Å². The van der Waals surface area contributed by atoms with Crippen molar-refractivity contribution in [3.8, 4) is 0 Å². The molecule has 0 bridgehead atoms. The molecule has 3 rings (SSSR count). The molecule has 1 aliphatic heterocycles. The van der Waals surface area contributed by atoms with Gasteiger partial charge in [-0.3, -0.25) is 9.78 Å². The molecular weight excluding hydrogens is 298 g/mol. The number of likely N-dealkylation sites (tertiary alicyclic amines) is 1. The number of benzene rings is 1. The van der Waals surface area contributed by atoms with Crippen LogP contribution in [0.25, 0.3) is 0 Å². The van der Waals surface area contributed by atoms with Gasteiger partial charge < -0.3 is 10.2 Å². The van der Waals surface area contributed by atoms with Crippen molar-refractivity contribution in [3.63, 3.8) is 0 Å². The molecular formula is C20H25N3O. The molecule has 1 atom stereocenters. The SMILES string of the molecule is CN1CCCC(c2cccc(C(=O)NCCc3cccnc3)c2)C1. The lowest BCUT2D eigenvalue weighted by Gasteiger charge is -2.30. The van der Waals surface area contributed by atoms with Crippen LogP contribution in [0.4, 0.5) is 0 Å². The predicted molar refractivity (Wildman–Crippen MR) is 96.2 cm³/mol. The monoisotopic (exact) mass is 323 g/mol. The first-order valence-corrected chi connectivity index (χ1v) is 8.68. The Hall–Kier alpha value is -2.20. The molecule has 4 heteroatoms. The topological polar surface area (TPSA) is 45.2 Å². The van der Waals surface area contributed by atoms with Gasteiger partial charge in [-0.2, -0.15) is 0 Å². The zero-order chi connectivity index (χ0) is 16.8. The number of piperidine rings is 1. The summed E-state index contributed by atoms with van der Waals surface area (Å²) in [5, 5.41) is 3.01. The van der Waals surface area contributed by atoms with E-state index in [1.54, 1.807) is 6.20 Å². The number of rotatable bonds is 5. The molecule has 1 fully saturated rings. The number of amides is 1. The number of pyridine rings is 1. The van der Waals surface area contributed by atoms with E-state index in [0.717, 1.165) is 24.1 Å². The van der Waals surface area contributed by atoms with E-state index in [4.69, 9.17) is 0 Å². The lowest BCUT2D eigenvalue weighted by molar-refractivity contribution is 0.0954. The average molecular weight is 323 g/mol. The minimum absolute atomic E-state index is 0.00454. The third kappa shape index (κ3) is 4.42. The van der Waals surface area contributed by atoms with E-state index in [-0.39, 0.29) is 5.91 Å². The molecule has 1 aliphatic rings. The summed E-state index contributed by atoms with van der Waals surface area (Å²) < 4.78 is 0. The van der Waals surface area contributed by atoms with Crippen LogP contribution in [-0.2, 0) is 6.42 Å². The molecule has 24 heavy (non-hydrogen) atoms. The van der Waals surface area contributed by atoms with E-state index in [0.29, 0.717) is 12.5 Å². The van der Waals surface area contributed by atoms with Crippen LogP contribution < -0.4 is 5.32 Å². The fourth-order valence-corrected chi connectivity index (χ4v) is 3.34.